The van der Waals surface area contributed by atoms with Gasteiger partial charge in [-0.1, -0.05) is 0 Å². The molecule has 0 radical (unpaired) electrons. The Morgan fingerprint density at radius 1 is 1.39 bits per heavy atom. The molecule has 0 saturated carbocycles. The molecule has 0 atom stereocenters. The maximum atomic E-state index is 6.03. The van der Waals surface area contributed by atoms with E-state index in [-0.39, 0.29) is 0 Å². The van der Waals surface area contributed by atoms with Crippen molar-refractivity contribution >= 4 is 38.2 Å². The first-order chi connectivity index (χ1) is 8.54. The molecule has 0 fully saturated rings. The molecule has 2 rings (SSSR count). The van der Waals surface area contributed by atoms with Crippen LogP contribution in [0.2, 0.25) is 0 Å². The summed E-state index contributed by atoms with van der Waals surface area (Å²) in [5.74, 6) is 0. The standard InChI is InChI=1S/C14H18BrN3/c1-4-18(9(2)3)13-6-5-12(16)11-7-10(15)8-17-14(11)13/h5-9H,4,16H2,1-3H3. The van der Waals surface area contributed by atoms with Gasteiger partial charge in [0.25, 0.3) is 0 Å². The van der Waals surface area contributed by atoms with Gasteiger partial charge in [0, 0.05) is 34.3 Å². The molecule has 18 heavy (non-hydrogen) atoms. The molecule has 0 aliphatic heterocycles. The number of benzene rings is 1. The number of pyridine rings is 1. The minimum atomic E-state index is 0.437. The molecular weight excluding hydrogens is 290 g/mol. The topological polar surface area (TPSA) is 42.1 Å². The molecule has 0 aliphatic rings. The first-order valence-electron chi connectivity index (χ1n) is 6.15. The van der Waals surface area contributed by atoms with E-state index in [4.69, 9.17) is 5.73 Å². The van der Waals surface area contributed by atoms with Crippen LogP contribution in [0.5, 0.6) is 0 Å². The van der Waals surface area contributed by atoms with Crippen LogP contribution in [0.25, 0.3) is 10.9 Å². The second-order valence-corrected chi connectivity index (χ2v) is 5.52. The van der Waals surface area contributed by atoms with Gasteiger partial charge in [-0.2, -0.15) is 0 Å². The van der Waals surface area contributed by atoms with E-state index >= 15 is 0 Å². The van der Waals surface area contributed by atoms with Gasteiger partial charge in [-0.05, 0) is 54.9 Å². The fraction of sp³-hybridized carbons (Fsp3) is 0.357. The van der Waals surface area contributed by atoms with Crippen LogP contribution in [0.4, 0.5) is 11.4 Å². The fourth-order valence-electron chi connectivity index (χ4n) is 2.25. The van der Waals surface area contributed by atoms with Gasteiger partial charge in [0.05, 0.1) is 11.2 Å². The molecule has 0 saturated heterocycles. The van der Waals surface area contributed by atoms with E-state index in [0.717, 1.165) is 33.3 Å². The molecule has 2 N–H and O–H groups in total. The molecule has 0 amide bonds. The van der Waals surface area contributed by atoms with Crippen molar-refractivity contribution in [3.05, 3.63) is 28.9 Å². The first kappa shape index (κ1) is 13.1. The number of nitrogen functional groups attached to an aromatic ring is 1. The molecule has 1 aromatic heterocycles. The maximum Gasteiger partial charge on any atom is 0.0956 e. The van der Waals surface area contributed by atoms with Crippen LogP contribution in [0.1, 0.15) is 20.8 Å². The van der Waals surface area contributed by atoms with Gasteiger partial charge >= 0.3 is 0 Å². The summed E-state index contributed by atoms with van der Waals surface area (Å²) in [5.41, 5.74) is 8.91. The Bertz CT molecular complexity index is 566. The smallest absolute Gasteiger partial charge is 0.0956 e. The van der Waals surface area contributed by atoms with Crippen LogP contribution in [0.3, 0.4) is 0 Å². The molecule has 1 heterocycles. The van der Waals surface area contributed by atoms with E-state index in [1.54, 1.807) is 0 Å². The Balaban J connectivity index is 2.69. The predicted octanol–water partition coefficient (Wildman–Crippen LogP) is 3.81. The number of nitrogens with two attached hydrogens (primary N) is 1. The fourth-order valence-corrected chi connectivity index (χ4v) is 2.58. The van der Waals surface area contributed by atoms with Crippen molar-refractivity contribution in [3.8, 4) is 0 Å². The third-order valence-electron chi connectivity index (χ3n) is 3.10. The molecule has 0 spiro atoms. The van der Waals surface area contributed by atoms with Crippen molar-refractivity contribution in [1.29, 1.82) is 0 Å². The molecule has 96 valence electrons. The van der Waals surface area contributed by atoms with Gasteiger partial charge in [0.1, 0.15) is 0 Å². The van der Waals surface area contributed by atoms with E-state index in [9.17, 15) is 0 Å². The molecule has 1 aromatic carbocycles. The maximum absolute atomic E-state index is 6.03. The Morgan fingerprint density at radius 3 is 2.72 bits per heavy atom. The minimum Gasteiger partial charge on any atom is -0.398 e. The number of fused-ring (bicyclic) bond motifs is 1. The number of nitrogens with zero attached hydrogens (tertiary/aromatic N) is 2. The average Bonchev–Trinajstić information content (AvgIpc) is 2.33. The molecule has 0 unspecified atom stereocenters. The third-order valence-corrected chi connectivity index (χ3v) is 3.54. The summed E-state index contributed by atoms with van der Waals surface area (Å²) in [6, 6.07) is 6.47. The van der Waals surface area contributed by atoms with E-state index < -0.39 is 0 Å². The summed E-state index contributed by atoms with van der Waals surface area (Å²) in [7, 11) is 0. The molecule has 0 aliphatic carbocycles. The Hall–Kier alpha value is -1.29. The Kier molecular flexibility index (Phi) is 3.76. The first-order valence-corrected chi connectivity index (χ1v) is 6.94. The second kappa shape index (κ2) is 5.14. The van der Waals surface area contributed by atoms with Crippen molar-refractivity contribution in [2.24, 2.45) is 0 Å². The van der Waals surface area contributed by atoms with Crippen LogP contribution >= 0.6 is 15.9 Å². The molecule has 3 nitrogen and oxygen atoms in total. The summed E-state index contributed by atoms with van der Waals surface area (Å²) in [6.07, 6.45) is 1.82. The van der Waals surface area contributed by atoms with Gasteiger partial charge < -0.3 is 10.6 Å². The summed E-state index contributed by atoms with van der Waals surface area (Å²) in [4.78, 5) is 6.85. The van der Waals surface area contributed by atoms with Gasteiger partial charge in [0.15, 0.2) is 0 Å². The van der Waals surface area contributed by atoms with Crippen molar-refractivity contribution in [3.63, 3.8) is 0 Å². The van der Waals surface area contributed by atoms with Crippen LogP contribution in [-0.2, 0) is 0 Å². The minimum absolute atomic E-state index is 0.437. The highest BCUT2D eigenvalue weighted by Crippen LogP contribution is 2.31. The molecule has 2 aromatic rings. The van der Waals surface area contributed by atoms with Crippen LogP contribution in [0, 0.1) is 0 Å². The molecule has 4 heteroatoms. The van der Waals surface area contributed by atoms with E-state index in [0.29, 0.717) is 6.04 Å². The van der Waals surface area contributed by atoms with Crippen LogP contribution in [0.15, 0.2) is 28.9 Å². The molecule has 0 bridgehead atoms. The number of rotatable bonds is 3. The lowest BCUT2D eigenvalue weighted by molar-refractivity contribution is 0.705. The number of halogens is 1. The lowest BCUT2D eigenvalue weighted by Crippen LogP contribution is -2.30. The predicted molar refractivity (Wildman–Crippen MR) is 82.0 cm³/mol. The van der Waals surface area contributed by atoms with Gasteiger partial charge in [0.2, 0.25) is 0 Å². The second-order valence-electron chi connectivity index (χ2n) is 4.60. The lowest BCUT2D eigenvalue weighted by Gasteiger charge is -2.28. The summed E-state index contributed by atoms with van der Waals surface area (Å²) < 4.78 is 0.950. The Labute approximate surface area is 116 Å². The van der Waals surface area contributed by atoms with Gasteiger partial charge in [-0.15, -0.1) is 0 Å². The van der Waals surface area contributed by atoms with Crippen LogP contribution < -0.4 is 10.6 Å². The normalized spacial score (nSPS) is 11.2. The van der Waals surface area contributed by atoms with Crippen molar-refractivity contribution in [2.75, 3.05) is 17.2 Å². The van der Waals surface area contributed by atoms with Gasteiger partial charge in [-0.25, -0.2) is 0 Å². The number of hydrogen-bond donors (Lipinski definition) is 1. The zero-order valence-corrected chi connectivity index (χ0v) is 12.5. The Morgan fingerprint density at radius 2 is 2.11 bits per heavy atom. The van der Waals surface area contributed by atoms with E-state index in [1.165, 1.54) is 0 Å². The highest BCUT2D eigenvalue weighted by molar-refractivity contribution is 9.10. The zero-order chi connectivity index (χ0) is 13.3. The molecular formula is C14H18BrN3. The zero-order valence-electron chi connectivity index (χ0n) is 10.9. The van der Waals surface area contributed by atoms with Crippen LogP contribution in [-0.4, -0.2) is 17.6 Å². The highest BCUT2D eigenvalue weighted by Gasteiger charge is 2.14. The highest BCUT2D eigenvalue weighted by atomic mass is 79.9. The summed E-state index contributed by atoms with van der Waals surface area (Å²) in [6.45, 7) is 7.48. The number of hydrogen-bond acceptors (Lipinski definition) is 3. The van der Waals surface area contributed by atoms with Crippen molar-refractivity contribution in [2.45, 2.75) is 26.8 Å². The summed E-state index contributed by atoms with van der Waals surface area (Å²) in [5, 5.41) is 1.00. The quantitative estimate of drug-likeness (QED) is 0.877. The van der Waals surface area contributed by atoms with Crippen molar-refractivity contribution in [1.82, 2.24) is 4.98 Å². The monoisotopic (exact) mass is 307 g/mol. The lowest BCUT2D eigenvalue weighted by atomic mass is 10.1. The summed E-state index contributed by atoms with van der Waals surface area (Å²) >= 11 is 3.44. The van der Waals surface area contributed by atoms with E-state index in [2.05, 4.69) is 52.7 Å². The SMILES string of the molecule is CCN(c1ccc(N)c2cc(Br)cnc12)C(C)C. The van der Waals surface area contributed by atoms with Crippen molar-refractivity contribution < 1.29 is 0 Å². The largest absolute Gasteiger partial charge is 0.398 e. The third kappa shape index (κ3) is 2.29. The number of anilines is 2. The van der Waals surface area contributed by atoms with E-state index in [1.807, 2.05) is 18.3 Å². The average molecular weight is 308 g/mol. The number of aromatic nitrogens is 1. The van der Waals surface area contributed by atoms with Gasteiger partial charge in [-0.3, -0.25) is 4.98 Å².